The van der Waals surface area contributed by atoms with Gasteiger partial charge in [-0.1, -0.05) is 0 Å². The highest BCUT2D eigenvalue weighted by atomic mass is 16.5. The molecule has 3 aromatic rings. The van der Waals surface area contributed by atoms with Gasteiger partial charge in [-0.25, -0.2) is 4.79 Å². The van der Waals surface area contributed by atoms with Crippen LogP contribution in [0.4, 0.5) is 0 Å². The Kier molecular flexibility index (Phi) is 5.89. The lowest BCUT2D eigenvalue weighted by Gasteiger charge is -2.17. The Hall–Kier alpha value is -3.75. The van der Waals surface area contributed by atoms with Gasteiger partial charge in [0, 0.05) is 31.6 Å². The molecule has 9 heteroatoms. The highest BCUT2D eigenvalue weighted by molar-refractivity contribution is 5.94. The summed E-state index contributed by atoms with van der Waals surface area (Å²) in [6.07, 6.45) is 0.464. The molecule has 0 N–H and O–H groups in total. The summed E-state index contributed by atoms with van der Waals surface area (Å²) in [4.78, 5) is 26.5. The molecule has 3 heterocycles. The first-order valence-corrected chi connectivity index (χ1v) is 10.2. The summed E-state index contributed by atoms with van der Waals surface area (Å²) in [6, 6.07) is 10.2. The number of aromatic nitrogens is 2. The summed E-state index contributed by atoms with van der Waals surface area (Å²) in [5.41, 5.74) is 1.36. The van der Waals surface area contributed by atoms with Crippen molar-refractivity contribution in [3.63, 3.8) is 0 Å². The number of nitrogens with zero attached hydrogens (tertiary/aromatic N) is 3. The number of hydrogen-bond donors (Lipinski definition) is 0. The van der Waals surface area contributed by atoms with E-state index in [0.29, 0.717) is 53.9 Å². The van der Waals surface area contributed by atoms with E-state index < -0.39 is 5.63 Å². The maximum absolute atomic E-state index is 13.2. The third kappa shape index (κ3) is 4.32. The van der Waals surface area contributed by atoms with Crippen molar-refractivity contribution in [1.29, 1.82) is 0 Å². The first-order valence-electron chi connectivity index (χ1n) is 10.2. The van der Waals surface area contributed by atoms with E-state index in [1.54, 1.807) is 62.0 Å². The van der Waals surface area contributed by atoms with Gasteiger partial charge in [-0.05, 0) is 31.2 Å². The molecule has 0 unspecified atom stereocenters. The second kappa shape index (κ2) is 8.78. The van der Waals surface area contributed by atoms with Gasteiger partial charge in [0.2, 0.25) is 0 Å². The number of hydrogen-bond acceptors (Lipinski definition) is 7. The highest BCUT2D eigenvalue weighted by Crippen LogP contribution is 2.33. The first-order chi connectivity index (χ1) is 15.4. The van der Waals surface area contributed by atoms with Crippen LogP contribution in [-0.4, -0.2) is 54.0 Å². The number of benzene rings is 1. The van der Waals surface area contributed by atoms with Crippen molar-refractivity contribution in [3.8, 4) is 28.5 Å². The number of likely N-dealkylation sites (tertiary alicyclic amines) is 1. The van der Waals surface area contributed by atoms with Gasteiger partial charge in [0.05, 0.1) is 32.5 Å². The number of amides is 1. The molecule has 1 aliphatic rings. The van der Waals surface area contributed by atoms with Crippen LogP contribution in [0.2, 0.25) is 0 Å². The topological polar surface area (TPSA) is 96.0 Å². The summed E-state index contributed by atoms with van der Waals surface area (Å²) < 4.78 is 23.2. The average Bonchev–Trinajstić information content (AvgIpc) is 3.38. The lowest BCUT2D eigenvalue weighted by atomic mass is 10.1. The minimum Gasteiger partial charge on any atom is -0.497 e. The van der Waals surface area contributed by atoms with Gasteiger partial charge in [0.1, 0.15) is 34.8 Å². The Morgan fingerprint density at radius 3 is 2.66 bits per heavy atom. The molecule has 1 aromatic carbocycles. The van der Waals surface area contributed by atoms with Crippen LogP contribution >= 0.6 is 0 Å². The minimum absolute atomic E-state index is 0.136. The number of carbonyl (C=O) groups excluding carboxylic acids is 1. The summed E-state index contributed by atoms with van der Waals surface area (Å²) >= 11 is 0. The second-order valence-electron chi connectivity index (χ2n) is 7.61. The molecule has 4 rings (SSSR count). The largest absolute Gasteiger partial charge is 0.497 e. The van der Waals surface area contributed by atoms with Crippen LogP contribution < -0.4 is 19.8 Å². The lowest BCUT2D eigenvalue weighted by molar-refractivity contribution is 0.0761. The maximum Gasteiger partial charge on any atom is 0.339 e. The Bertz CT molecular complexity index is 1200. The molecule has 0 bridgehead atoms. The van der Waals surface area contributed by atoms with Crippen LogP contribution in [0, 0.1) is 6.92 Å². The van der Waals surface area contributed by atoms with Crippen molar-refractivity contribution >= 4 is 5.91 Å². The average molecular weight is 439 g/mol. The van der Waals surface area contributed by atoms with Crippen LogP contribution in [0.5, 0.6) is 17.2 Å². The fourth-order valence-electron chi connectivity index (χ4n) is 3.82. The predicted octanol–water partition coefficient (Wildman–Crippen LogP) is 2.66. The van der Waals surface area contributed by atoms with Gasteiger partial charge < -0.3 is 23.5 Å². The van der Waals surface area contributed by atoms with Crippen LogP contribution in [0.15, 0.2) is 45.6 Å². The van der Waals surface area contributed by atoms with Gasteiger partial charge in [-0.2, -0.15) is 5.10 Å². The lowest BCUT2D eigenvalue weighted by Crippen LogP contribution is -2.32. The van der Waals surface area contributed by atoms with E-state index in [2.05, 4.69) is 5.10 Å². The smallest absolute Gasteiger partial charge is 0.339 e. The normalized spacial score (nSPS) is 15.6. The molecule has 1 fully saturated rings. The molecule has 9 nitrogen and oxygen atoms in total. The van der Waals surface area contributed by atoms with Crippen molar-refractivity contribution in [3.05, 3.63) is 58.3 Å². The Morgan fingerprint density at radius 1 is 1.12 bits per heavy atom. The molecule has 1 amide bonds. The Morgan fingerprint density at radius 2 is 1.94 bits per heavy atom. The number of carbonyl (C=O) groups is 1. The number of rotatable bonds is 6. The fourth-order valence-corrected chi connectivity index (χ4v) is 3.82. The molecule has 0 radical (unpaired) electrons. The third-order valence-corrected chi connectivity index (χ3v) is 5.38. The van der Waals surface area contributed by atoms with Gasteiger partial charge in [0.25, 0.3) is 5.91 Å². The van der Waals surface area contributed by atoms with E-state index in [1.165, 1.54) is 6.07 Å². The Balaban J connectivity index is 1.51. The molecular formula is C23H25N3O6. The van der Waals surface area contributed by atoms with Crippen molar-refractivity contribution in [2.75, 3.05) is 27.3 Å². The number of ether oxygens (including phenoxy) is 3. The Labute approximate surface area is 185 Å². The molecule has 32 heavy (non-hydrogen) atoms. The zero-order valence-corrected chi connectivity index (χ0v) is 18.5. The fraction of sp³-hybridized carbons (Fsp3) is 0.348. The molecule has 0 aliphatic carbocycles. The summed E-state index contributed by atoms with van der Waals surface area (Å²) in [6.45, 7) is 2.66. The van der Waals surface area contributed by atoms with Crippen LogP contribution in [0.25, 0.3) is 11.3 Å². The van der Waals surface area contributed by atoms with Gasteiger partial charge in [-0.3, -0.25) is 9.48 Å². The first kappa shape index (κ1) is 21.5. The van der Waals surface area contributed by atoms with Crippen molar-refractivity contribution in [2.45, 2.75) is 19.4 Å². The standard InChI is InChI=1S/C23H25N3O6/c1-14-9-17(11-22(27)31-14)32-16-7-8-26(13-16)23(28)20-12-19(24-25(20)2)18-10-15(29-3)5-6-21(18)30-4/h5-6,9-12,16H,7-8,13H2,1-4H3/t16-/m0/s1. The van der Waals surface area contributed by atoms with Gasteiger partial charge in [-0.15, -0.1) is 0 Å². The molecule has 1 saturated heterocycles. The third-order valence-electron chi connectivity index (χ3n) is 5.38. The van der Waals surface area contributed by atoms with Crippen molar-refractivity contribution in [2.24, 2.45) is 7.05 Å². The zero-order valence-electron chi connectivity index (χ0n) is 18.5. The SMILES string of the molecule is COc1ccc(OC)c(-c2cc(C(=O)N3CC[C@H](Oc4cc(C)oc(=O)c4)C3)n(C)n2)c1. The highest BCUT2D eigenvalue weighted by Gasteiger charge is 2.30. The molecule has 1 atom stereocenters. The van der Waals surface area contributed by atoms with Gasteiger partial charge >= 0.3 is 5.63 Å². The number of methoxy groups -OCH3 is 2. The van der Waals surface area contributed by atoms with Gasteiger partial charge in [0.15, 0.2) is 0 Å². The van der Waals surface area contributed by atoms with Crippen LogP contribution in [0.3, 0.4) is 0 Å². The van der Waals surface area contributed by atoms with E-state index in [9.17, 15) is 9.59 Å². The summed E-state index contributed by atoms with van der Waals surface area (Å²) in [5, 5.41) is 4.52. The molecule has 2 aromatic heterocycles. The number of aryl methyl sites for hydroxylation is 2. The molecular weight excluding hydrogens is 414 g/mol. The van der Waals surface area contributed by atoms with Crippen LogP contribution in [0.1, 0.15) is 22.7 Å². The molecule has 1 aliphatic heterocycles. The maximum atomic E-state index is 13.2. The second-order valence-corrected chi connectivity index (χ2v) is 7.61. The zero-order chi connectivity index (χ0) is 22.8. The summed E-state index contributed by atoms with van der Waals surface area (Å²) in [5.74, 6) is 2.10. The van der Waals surface area contributed by atoms with Crippen molar-refractivity contribution < 1.29 is 23.4 Å². The van der Waals surface area contributed by atoms with E-state index in [-0.39, 0.29) is 12.0 Å². The van der Waals surface area contributed by atoms with E-state index in [0.717, 1.165) is 5.56 Å². The molecule has 0 saturated carbocycles. The van der Waals surface area contributed by atoms with E-state index in [1.807, 2.05) is 6.07 Å². The summed E-state index contributed by atoms with van der Waals surface area (Å²) in [7, 11) is 4.91. The molecule has 0 spiro atoms. The van der Waals surface area contributed by atoms with E-state index in [4.69, 9.17) is 18.6 Å². The van der Waals surface area contributed by atoms with Crippen LogP contribution in [-0.2, 0) is 7.05 Å². The minimum atomic E-state index is -0.457. The molecule has 168 valence electrons. The van der Waals surface area contributed by atoms with E-state index >= 15 is 0 Å². The monoisotopic (exact) mass is 439 g/mol. The quantitative estimate of drug-likeness (QED) is 0.583. The predicted molar refractivity (Wildman–Crippen MR) is 116 cm³/mol. The van der Waals surface area contributed by atoms with Crippen molar-refractivity contribution in [1.82, 2.24) is 14.7 Å².